The van der Waals surface area contributed by atoms with Gasteiger partial charge in [0.15, 0.2) is 5.96 Å². The number of aliphatic imine (C=N–C) groups is 1. The zero-order valence-electron chi connectivity index (χ0n) is 14.9. The summed E-state index contributed by atoms with van der Waals surface area (Å²) in [4.78, 5) is 15.6. The van der Waals surface area contributed by atoms with Gasteiger partial charge in [-0.2, -0.15) is 8.78 Å². The van der Waals surface area contributed by atoms with Crippen molar-refractivity contribution in [3.05, 3.63) is 23.8 Å². The molecule has 0 unspecified atom stereocenters. The van der Waals surface area contributed by atoms with E-state index in [1.54, 1.807) is 19.2 Å². The first-order chi connectivity index (χ1) is 12.5. The molecule has 0 heterocycles. The molecule has 144 valence electrons. The summed E-state index contributed by atoms with van der Waals surface area (Å²) in [6, 6.07) is 4.61. The summed E-state index contributed by atoms with van der Waals surface area (Å²) in [6.07, 6.45) is 1.93. The zero-order valence-corrected chi connectivity index (χ0v) is 14.9. The highest BCUT2D eigenvalue weighted by Crippen LogP contribution is 2.28. The first kappa shape index (κ1) is 19.7. The summed E-state index contributed by atoms with van der Waals surface area (Å²) in [5.74, 6) is 1.35. The monoisotopic (exact) mass is 370 g/mol. The Balaban J connectivity index is 1.83. The minimum atomic E-state index is -2.91. The van der Waals surface area contributed by atoms with E-state index in [4.69, 9.17) is 4.74 Å². The predicted molar refractivity (Wildman–Crippen MR) is 93.6 cm³/mol. The van der Waals surface area contributed by atoms with Gasteiger partial charge >= 0.3 is 6.61 Å². The summed E-state index contributed by atoms with van der Waals surface area (Å²) in [6.45, 7) is -1.71. The highest BCUT2D eigenvalue weighted by molar-refractivity contribution is 5.81. The van der Waals surface area contributed by atoms with Crippen LogP contribution in [0.25, 0.3) is 0 Å². The molecule has 1 aliphatic rings. The van der Waals surface area contributed by atoms with Gasteiger partial charge in [-0.25, -0.2) is 0 Å². The molecular formula is C17H24F2N4O3. The molecule has 1 amide bonds. The molecule has 0 aromatic heterocycles. The van der Waals surface area contributed by atoms with E-state index in [9.17, 15) is 13.6 Å². The Bertz CT molecular complexity index is 636. The maximum atomic E-state index is 12.5. The average molecular weight is 370 g/mol. The maximum Gasteiger partial charge on any atom is 0.387 e. The molecule has 0 saturated heterocycles. The average Bonchev–Trinajstić information content (AvgIpc) is 3.46. The number of benzene rings is 1. The van der Waals surface area contributed by atoms with E-state index in [-0.39, 0.29) is 24.1 Å². The van der Waals surface area contributed by atoms with Crippen LogP contribution in [0.15, 0.2) is 23.2 Å². The first-order valence-corrected chi connectivity index (χ1v) is 8.37. The maximum absolute atomic E-state index is 12.5. The second-order valence-corrected chi connectivity index (χ2v) is 5.77. The summed E-state index contributed by atoms with van der Waals surface area (Å²) in [5, 5.41) is 8.91. The van der Waals surface area contributed by atoms with Crippen LogP contribution in [0.4, 0.5) is 8.78 Å². The topological polar surface area (TPSA) is 84.0 Å². The third-order valence-corrected chi connectivity index (χ3v) is 3.82. The number of alkyl halides is 2. The molecule has 1 aliphatic carbocycles. The molecule has 1 saturated carbocycles. The molecule has 7 nitrogen and oxygen atoms in total. The Hall–Kier alpha value is -2.58. The Morgan fingerprint density at radius 2 is 2.00 bits per heavy atom. The van der Waals surface area contributed by atoms with Gasteiger partial charge in [-0.1, -0.05) is 0 Å². The lowest BCUT2D eigenvalue weighted by molar-refractivity contribution is -0.122. The van der Waals surface area contributed by atoms with E-state index < -0.39 is 6.61 Å². The van der Waals surface area contributed by atoms with Gasteiger partial charge in [-0.3, -0.25) is 9.79 Å². The van der Waals surface area contributed by atoms with Gasteiger partial charge in [-0.05, 0) is 31.0 Å². The van der Waals surface area contributed by atoms with Crippen LogP contribution in [0.3, 0.4) is 0 Å². The van der Waals surface area contributed by atoms with E-state index in [1.807, 2.05) is 0 Å². The molecule has 26 heavy (non-hydrogen) atoms. The minimum absolute atomic E-state index is 0.0699. The molecule has 0 bridgehead atoms. The third-order valence-electron chi connectivity index (χ3n) is 3.82. The summed E-state index contributed by atoms with van der Waals surface area (Å²) < 4.78 is 34.7. The lowest BCUT2D eigenvalue weighted by Gasteiger charge is -2.15. The molecule has 0 radical (unpaired) electrons. The van der Waals surface area contributed by atoms with Crippen LogP contribution in [0, 0.1) is 5.92 Å². The lowest BCUT2D eigenvalue weighted by atomic mass is 10.2. The predicted octanol–water partition coefficient (Wildman–Crippen LogP) is 1.49. The number of hydrogen-bond acceptors (Lipinski definition) is 4. The number of amides is 1. The molecular weight excluding hydrogens is 346 g/mol. The Kier molecular flexibility index (Phi) is 7.43. The number of methoxy groups -OCH3 is 1. The second kappa shape index (κ2) is 9.79. The van der Waals surface area contributed by atoms with Crippen LogP contribution in [-0.4, -0.2) is 45.7 Å². The van der Waals surface area contributed by atoms with E-state index in [1.165, 1.54) is 13.2 Å². The summed E-state index contributed by atoms with van der Waals surface area (Å²) >= 11 is 0. The molecule has 0 atom stereocenters. The minimum Gasteiger partial charge on any atom is -0.497 e. The number of nitrogens with one attached hydrogen (secondary N) is 3. The number of carbonyl (C=O) groups excluding carboxylic acids is 1. The van der Waals surface area contributed by atoms with Gasteiger partial charge in [0.1, 0.15) is 11.5 Å². The van der Waals surface area contributed by atoms with Crippen molar-refractivity contribution >= 4 is 11.9 Å². The van der Waals surface area contributed by atoms with Crippen LogP contribution < -0.4 is 25.4 Å². The highest BCUT2D eigenvalue weighted by atomic mass is 19.3. The van der Waals surface area contributed by atoms with Crippen molar-refractivity contribution in [1.82, 2.24) is 16.0 Å². The lowest BCUT2D eigenvalue weighted by Crippen LogP contribution is -2.41. The molecule has 3 N–H and O–H groups in total. The van der Waals surface area contributed by atoms with Gasteiger partial charge in [0.05, 0.1) is 7.11 Å². The fraction of sp³-hybridized carbons (Fsp3) is 0.529. The van der Waals surface area contributed by atoms with Crippen LogP contribution in [0.5, 0.6) is 11.5 Å². The van der Waals surface area contributed by atoms with E-state index >= 15 is 0 Å². The van der Waals surface area contributed by atoms with E-state index in [0.29, 0.717) is 30.4 Å². The number of halogens is 2. The van der Waals surface area contributed by atoms with Crippen molar-refractivity contribution in [2.24, 2.45) is 10.9 Å². The Morgan fingerprint density at radius 3 is 2.62 bits per heavy atom. The van der Waals surface area contributed by atoms with Crippen molar-refractivity contribution in [3.8, 4) is 11.5 Å². The van der Waals surface area contributed by atoms with Gasteiger partial charge in [0.25, 0.3) is 0 Å². The molecule has 0 aliphatic heterocycles. The quantitative estimate of drug-likeness (QED) is 0.348. The molecule has 9 heteroatoms. The number of hydrogen-bond donors (Lipinski definition) is 3. The molecule has 0 spiro atoms. The smallest absolute Gasteiger partial charge is 0.387 e. The summed E-state index contributed by atoms with van der Waals surface area (Å²) in [7, 11) is 3.09. The molecule has 2 rings (SSSR count). The number of guanidine groups is 1. The zero-order chi connectivity index (χ0) is 18.9. The number of ether oxygens (including phenoxy) is 2. The number of nitrogens with zero attached hydrogens (tertiary/aromatic N) is 1. The summed E-state index contributed by atoms with van der Waals surface area (Å²) in [5.41, 5.74) is 0.509. The van der Waals surface area contributed by atoms with Crippen LogP contribution >= 0.6 is 0 Å². The fourth-order valence-corrected chi connectivity index (χ4v) is 2.29. The standard InChI is InChI=1S/C17H24F2N4O3/c1-20-17(22-8-7-21-15(24)11-3-4-11)23-10-12-9-13(25-2)5-6-14(12)26-16(18)19/h5-6,9,11,16H,3-4,7-8,10H2,1-2H3,(H,21,24)(H2,20,22,23). The SMILES string of the molecule is CN=C(NCCNC(=O)C1CC1)NCc1cc(OC)ccc1OC(F)F. The van der Waals surface area contributed by atoms with Crippen LogP contribution in [-0.2, 0) is 11.3 Å². The molecule has 1 aromatic rings. The largest absolute Gasteiger partial charge is 0.497 e. The number of rotatable bonds is 9. The Morgan fingerprint density at radius 1 is 1.27 bits per heavy atom. The normalized spacial score (nSPS) is 14.1. The van der Waals surface area contributed by atoms with Gasteiger partial charge in [0.2, 0.25) is 5.91 Å². The van der Waals surface area contributed by atoms with Crippen LogP contribution in [0.2, 0.25) is 0 Å². The van der Waals surface area contributed by atoms with E-state index in [0.717, 1.165) is 12.8 Å². The van der Waals surface area contributed by atoms with Crippen molar-refractivity contribution in [1.29, 1.82) is 0 Å². The third kappa shape index (κ3) is 6.38. The Labute approximate surface area is 151 Å². The molecule has 1 aromatic carbocycles. The van der Waals surface area contributed by atoms with Crippen LogP contribution in [0.1, 0.15) is 18.4 Å². The van der Waals surface area contributed by atoms with Gasteiger partial charge in [0, 0.05) is 38.2 Å². The van der Waals surface area contributed by atoms with Gasteiger partial charge < -0.3 is 25.4 Å². The number of carbonyl (C=O) groups is 1. The van der Waals surface area contributed by atoms with Crippen molar-refractivity contribution in [3.63, 3.8) is 0 Å². The van der Waals surface area contributed by atoms with Crippen molar-refractivity contribution in [2.45, 2.75) is 26.0 Å². The molecule has 1 fully saturated rings. The van der Waals surface area contributed by atoms with Gasteiger partial charge in [-0.15, -0.1) is 0 Å². The van der Waals surface area contributed by atoms with Crippen molar-refractivity contribution < 1.29 is 23.0 Å². The fourth-order valence-electron chi connectivity index (χ4n) is 2.29. The second-order valence-electron chi connectivity index (χ2n) is 5.77. The highest BCUT2D eigenvalue weighted by Gasteiger charge is 2.28. The van der Waals surface area contributed by atoms with E-state index in [2.05, 4.69) is 25.7 Å². The van der Waals surface area contributed by atoms with Crippen molar-refractivity contribution in [2.75, 3.05) is 27.2 Å². The first-order valence-electron chi connectivity index (χ1n) is 8.37.